The number of rotatable bonds is 1. The van der Waals surface area contributed by atoms with Crippen LogP contribution in [0.4, 0.5) is 0 Å². The molecule has 0 spiro atoms. The topological polar surface area (TPSA) is 4.36 Å². The first-order valence-corrected chi connectivity index (χ1v) is 2.79. The van der Waals surface area contributed by atoms with Gasteiger partial charge in [-0.05, 0) is 5.92 Å². The average Bonchev–Trinajstić information content (AvgIpc) is 1.65. The van der Waals surface area contributed by atoms with Crippen LogP contribution in [0.3, 0.4) is 0 Å². The van der Waals surface area contributed by atoms with E-state index in [1.807, 2.05) is 13.8 Å². The second-order valence-electron chi connectivity index (χ2n) is 1.85. The molecule has 0 aliphatic rings. The zero-order chi connectivity index (χ0) is 6.57. The molecule has 0 aromatic carbocycles. The minimum absolute atomic E-state index is 0.264. The van der Waals surface area contributed by atoms with Crippen molar-refractivity contribution in [1.29, 1.82) is 0 Å². The molecule has 0 radical (unpaired) electrons. The van der Waals surface area contributed by atoms with E-state index in [1.54, 1.807) is 6.08 Å². The van der Waals surface area contributed by atoms with E-state index < -0.39 is 0 Å². The van der Waals surface area contributed by atoms with Gasteiger partial charge in [0.05, 0.1) is 6.57 Å². The van der Waals surface area contributed by atoms with E-state index in [2.05, 4.69) is 4.85 Å². The second kappa shape index (κ2) is 3.51. The zero-order valence-electron chi connectivity index (χ0n) is 4.98. The van der Waals surface area contributed by atoms with Gasteiger partial charge in [0.2, 0.25) is 5.16 Å². The van der Waals surface area contributed by atoms with Crippen LogP contribution >= 0.6 is 11.6 Å². The molecule has 0 saturated carbocycles. The SMILES string of the molecule is [C-]#[N+]/C(Cl)=C/C(C)C. The molecule has 44 valence electrons. The minimum Gasteiger partial charge on any atom is -0.226 e. The van der Waals surface area contributed by atoms with Crippen molar-refractivity contribution < 1.29 is 0 Å². The van der Waals surface area contributed by atoms with Crippen molar-refractivity contribution in [3.05, 3.63) is 22.6 Å². The zero-order valence-corrected chi connectivity index (χ0v) is 5.74. The third-order valence-corrected chi connectivity index (χ3v) is 0.788. The van der Waals surface area contributed by atoms with Crippen LogP contribution in [0.15, 0.2) is 11.2 Å². The van der Waals surface area contributed by atoms with Crippen LogP contribution in [0.2, 0.25) is 0 Å². The summed E-state index contributed by atoms with van der Waals surface area (Å²) in [6.07, 6.45) is 1.72. The summed E-state index contributed by atoms with van der Waals surface area (Å²) in [4.78, 5) is 3.01. The highest BCUT2D eigenvalue weighted by Gasteiger charge is 1.88. The van der Waals surface area contributed by atoms with Gasteiger partial charge in [0.25, 0.3) is 0 Å². The van der Waals surface area contributed by atoms with Crippen LogP contribution in [0.25, 0.3) is 4.85 Å². The summed E-state index contributed by atoms with van der Waals surface area (Å²) < 4.78 is 0. The Hall–Kier alpha value is -0.480. The Bertz CT molecular complexity index is 130. The monoisotopic (exact) mass is 129 g/mol. The summed E-state index contributed by atoms with van der Waals surface area (Å²) in [6.45, 7) is 10.4. The fraction of sp³-hybridized carbons (Fsp3) is 0.500. The molecule has 2 heteroatoms. The minimum atomic E-state index is 0.264. The largest absolute Gasteiger partial charge is 0.248 e. The lowest BCUT2D eigenvalue weighted by atomic mass is 10.2. The summed E-state index contributed by atoms with van der Waals surface area (Å²) in [7, 11) is 0. The summed E-state index contributed by atoms with van der Waals surface area (Å²) in [5, 5.41) is 0.264. The van der Waals surface area contributed by atoms with Crippen LogP contribution in [-0.4, -0.2) is 0 Å². The number of hydrogen-bond donors (Lipinski definition) is 0. The maximum absolute atomic E-state index is 6.43. The van der Waals surface area contributed by atoms with Gasteiger partial charge in [0, 0.05) is 0 Å². The van der Waals surface area contributed by atoms with Gasteiger partial charge in [-0.15, -0.1) is 11.6 Å². The molecule has 0 N–H and O–H groups in total. The van der Waals surface area contributed by atoms with Crippen molar-refractivity contribution >= 4 is 11.6 Å². The third-order valence-electron chi connectivity index (χ3n) is 0.578. The first-order chi connectivity index (χ1) is 3.66. The molecule has 0 rings (SSSR count). The highest BCUT2D eigenvalue weighted by molar-refractivity contribution is 6.30. The molecule has 1 nitrogen and oxygen atoms in total. The van der Waals surface area contributed by atoms with E-state index in [0.717, 1.165) is 0 Å². The Labute approximate surface area is 54.8 Å². The van der Waals surface area contributed by atoms with E-state index in [-0.39, 0.29) is 5.16 Å². The second-order valence-corrected chi connectivity index (χ2v) is 2.23. The molecular weight excluding hydrogens is 122 g/mol. The molecule has 0 aromatic rings. The quantitative estimate of drug-likeness (QED) is 0.379. The molecule has 0 aliphatic heterocycles. The molecule has 0 heterocycles. The summed E-state index contributed by atoms with van der Waals surface area (Å²) in [6, 6.07) is 0. The van der Waals surface area contributed by atoms with Crippen LogP contribution < -0.4 is 0 Å². The lowest BCUT2D eigenvalue weighted by Gasteiger charge is -1.90. The lowest BCUT2D eigenvalue weighted by Crippen LogP contribution is -1.76. The fourth-order valence-electron chi connectivity index (χ4n) is 0.312. The van der Waals surface area contributed by atoms with Gasteiger partial charge in [-0.1, -0.05) is 19.9 Å². The van der Waals surface area contributed by atoms with Crippen molar-refractivity contribution in [1.82, 2.24) is 0 Å². The standard InChI is InChI=1S/C6H8ClN/c1-5(2)4-6(7)8-3/h4-5H,1-2H3/b6-4+. The van der Waals surface area contributed by atoms with Crippen molar-refractivity contribution in [2.75, 3.05) is 0 Å². The Morgan fingerprint density at radius 3 is 2.38 bits per heavy atom. The van der Waals surface area contributed by atoms with Gasteiger partial charge in [0.15, 0.2) is 0 Å². The maximum Gasteiger partial charge on any atom is 0.248 e. The molecular formula is C6H8ClN. The number of allylic oxidation sites excluding steroid dienone is 1. The summed E-state index contributed by atoms with van der Waals surface area (Å²) in [5.41, 5.74) is 0. The Morgan fingerprint density at radius 2 is 2.25 bits per heavy atom. The van der Waals surface area contributed by atoms with E-state index in [1.165, 1.54) is 0 Å². The molecule has 0 aliphatic carbocycles. The lowest BCUT2D eigenvalue weighted by molar-refractivity contribution is 0.830. The van der Waals surface area contributed by atoms with Crippen molar-refractivity contribution in [2.45, 2.75) is 13.8 Å². The van der Waals surface area contributed by atoms with Crippen LogP contribution in [0, 0.1) is 12.5 Å². The molecule has 0 amide bonds. The van der Waals surface area contributed by atoms with Gasteiger partial charge in [-0.2, -0.15) is 0 Å². The Balaban J connectivity index is 3.80. The average molecular weight is 130 g/mol. The summed E-state index contributed by atoms with van der Waals surface area (Å²) in [5.74, 6) is 0.372. The Kier molecular flexibility index (Phi) is 3.30. The highest BCUT2D eigenvalue weighted by atomic mass is 35.5. The van der Waals surface area contributed by atoms with Crippen LogP contribution in [-0.2, 0) is 0 Å². The van der Waals surface area contributed by atoms with Gasteiger partial charge in [-0.3, -0.25) is 0 Å². The van der Waals surface area contributed by atoms with Gasteiger partial charge < -0.3 is 0 Å². The molecule has 0 fully saturated rings. The number of halogens is 1. The van der Waals surface area contributed by atoms with E-state index in [0.29, 0.717) is 5.92 Å². The van der Waals surface area contributed by atoms with Crippen molar-refractivity contribution in [3.63, 3.8) is 0 Å². The van der Waals surface area contributed by atoms with Crippen molar-refractivity contribution in [3.8, 4) is 0 Å². The third kappa shape index (κ3) is 3.70. The van der Waals surface area contributed by atoms with E-state index >= 15 is 0 Å². The predicted molar refractivity (Wildman–Crippen MR) is 35.4 cm³/mol. The first-order valence-electron chi connectivity index (χ1n) is 2.41. The normalized spacial score (nSPS) is 11.6. The molecule has 0 saturated heterocycles. The molecule has 0 unspecified atom stereocenters. The summed E-state index contributed by atoms with van der Waals surface area (Å²) >= 11 is 5.37. The smallest absolute Gasteiger partial charge is 0.226 e. The van der Waals surface area contributed by atoms with Crippen LogP contribution in [0.1, 0.15) is 13.8 Å². The van der Waals surface area contributed by atoms with Gasteiger partial charge in [0.1, 0.15) is 0 Å². The molecule has 0 bridgehead atoms. The fourth-order valence-corrected chi connectivity index (χ4v) is 0.564. The highest BCUT2D eigenvalue weighted by Crippen LogP contribution is 2.06. The van der Waals surface area contributed by atoms with Crippen LogP contribution in [0.5, 0.6) is 0 Å². The molecule has 8 heavy (non-hydrogen) atoms. The van der Waals surface area contributed by atoms with Gasteiger partial charge >= 0.3 is 0 Å². The molecule has 0 atom stereocenters. The number of nitrogens with zero attached hydrogens (tertiary/aromatic N) is 1. The van der Waals surface area contributed by atoms with Gasteiger partial charge in [-0.25, -0.2) is 4.85 Å². The predicted octanol–water partition coefficient (Wildman–Crippen LogP) is 2.64. The first kappa shape index (κ1) is 7.52. The Morgan fingerprint density at radius 1 is 1.75 bits per heavy atom. The van der Waals surface area contributed by atoms with E-state index in [4.69, 9.17) is 18.2 Å². The van der Waals surface area contributed by atoms with Crippen molar-refractivity contribution in [2.24, 2.45) is 5.92 Å². The molecule has 0 aromatic heterocycles. The maximum atomic E-state index is 6.43. The number of hydrogen-bond acceptors (Lipinski definition) is 0. The van der Waals surface area contributed by atoms with E-state index in [9.17, 15) is 0 Å².